The summed E-state index contributed by atoms with van der Waals surface area (Å²) in [5.74, 6) is -2.98. The van der Waals surface area contributed by atoms with Crippen LogP contribution in [0, 0.1) is 5.41 Å². The summed E-state index contributed by atoms with van der Waals surface area (Å²) in [6.07, 6.45) is 2.30. The van der Waals surface area contributed by atoms with Gasteiger partial charge in [-0.3, -0.25) is 19.4 Å². The Morgan fingerprint density at radius 1 is 1.26 bits per heavy atom. The normalized spacial score (nSPS) is 13.3. The van der Waals surface area contributed by atoms with Crippen molar-refractivity contribution < 1.29 is 24.6 Å². The molecule has 1 aromatic heterocycles. The fourth-order valence-corrected chi connectivity index (χ4v) is 1.43. The van der Waals surface area contributed by atoms with Gasteiger partial charge >= 0.3 is 11.9 Å². The fraction of sp³-hybridized carbons (Fsp3) is 0.333. The van der Waals surface area contributed by atoms with Gasteiger partial charge in [-0.15, -0.1) is 0 Å². The van der Waals surface area contributed by atoms with Crippen LogP contribution in [0.2, 0.25) is 0 Å². The number of aromatic nitrogens is 1. The molecule has 0 aliphatic rings. The summed E-state index contributed by atoms with van der Waals surface area (Å²) in [5.41, 5.74) is -1.22. The van der Waals surface area contributed by atoms with Crippen LogP contribution in [-0.4, -0.2) is 39.6 Å². The van der Waals surface area contributed by atoms with Crippen molar-refractivity contribution in [2.75, 3.05) is 6.54 Å². The number of rotatable bonds is 6. The molecular formula is C12H14N2O5. The Bertz CT molecular complexity index is 488. The van der Waals surface area contributed by atoms with Crippen LogP contribution in [0.1, 0.15) is 23.7 Å². The number of carboxylic acid groups (broad SMARTS) is 2. The highest BCUT2D eigenvalue weighted by Crippen LogP contribution is 2.20. The van der Waals surface area contributed by atoms with Gasteiger partial charge in [0.1, 0.15) is 0 Å². The summed E-state index contributed by atoms with van der Waals surface area (Å²) >= 11 is 0. The Hall–Kier alpha value is -2.44. The average Bonchev–Trinajstić information content (AvgIpc) is 2.36. The first-order valence-electron chi connectivity index (χ1n) is 5.48. The Morgan fingerprint density at radius 2 is 1.84 bits per heavy atom. The Morgan fingerprint density at radius 3 is 2.32 bits per heavy atom. The van der Waals surface area contributed by atoms with Gasteiger partial charge < -0.3 is 15.5 Å². The molecule has 0 bridgehead atoms. The zero-order chi connectivity index (χ0) is 14.5. The van der Waals surface area contributed by atoms with Crippen LogP contribution in [0.5, 0.6) is 0 Å². The molecule has 1 heterocycles. The van der Waals surface area contributed by atoms with E-state index in [1.807, 2.05) is 0 Å². The molecular weight excluding hydrogens is 252 g/mol. The summed E-state index contributed by atoms with van der Waals surface area (Å²) in [6, 6.07) is 2.95. The van der Waals surface area contributed by atoms with Crippen molar-refractivity contribution in [3.05, 3.63) is 30.1 Å². The van der Waals surface area contributed by atoms with Crippen molar-refractivity contribution in [2.24, 2.45) is 5.41 Å². The Kier molecular flexibility index (Phi) is 4.57. The van der Waals surface area contributed by atoms with E-state index in [9.17, 15) is 14.4 Å². The second-order valence-corrected chi connectivity index (χ2v) is 4.35. The number of hydrogen-bond acceptors (Lipinski definition) is 4. The minimum atomic E-state index is -1.55. The molecule has 0 spiro atoms. The highest BCUT2D eigenvalue weighted by molar-refractivity contribution is 5.94. The third kappa shape index (κ3) is 4.06. The van der Waals surface area contributed by atoms with E-state index in [1.54, 1.807) is 0 Å². The van der Waals surface area contributed by atoms with E-state index in [1.165, 1.54) is 31.5 Å². The number of hydrogen-bond donors (Lipinski definition) is 3. The van der Waals surface area contributed by atoms with Crippen molar-refractivity contribution in [1.29, 1.82) is 0 Å². The summed E-state index contributed by atoms with van der Waals surface area (Å²) in [5, 5.41) is 20.2. The molecule has 102 valence electrons. The first-order valence-corrected chi connectivity index (χ1v) is 5.48. The topological polar surface area (TPSA) is 117 Å². The van der Waals surface area contributed by atoms with Crippen molar-refractivity contribution in [2.45, 2.75) is 13.3 Å². The van der Waals surface area contributed by atoms with Crippen LogP contribution in [-0.2, 0) is 9.59 Å². The summed E-state index contributed by atoms with van der Waals surface area (Å²) in [7, 11) is 0. The Labute approximate surface area is 109 Å². The number of carbonyl (C=O) groups excluding carboxylic acids is 1. The third-order valence-corrected chi connectivity index (χ3v) is 2.64. The van der Waals surface area contributed by atoms with E-state index in [-0.39, 0.29) is 6.54 Å². The van der Waals surface area contributed by atoms with Gasteiger partial charge in [0.15, 0.2) is 0 Å². The molecule has 1 atom stereocenters. The molecule has 19 heavy (non-hydrogen) atoms. The van der Waals surface area contributed by atoms with Crippen LogP contribution in [0.3, 0.4) is 0 Å². The van der Waals surface area contributed by atoms with E-state index in [2.05, 4.69) is 10.3 Å². The first-order chi connectivity index (χ1) is 8.85. The molecule has 1 unspecified atom stereocenters. The molecule has 0 saturated heterocycles. The second-order valence-electron chi connectivity index (χ2n) is 4.35. The Balaban J connectivity index is 2.70. The molecule has 7 heteroatoms. The van der Waals surface area contributed by atoms with Crippen LogP contribution in [0.15, 0.2) is 24.5 Å². The number of carboxylic acids is 2. The SMILES string of the molecule is CC(CNC(=O)c1ccncc1)(CC(=O)O)C(=O)O. The average molecular weight is 266 g/mol. The molecule has 3 N–H and O–H groups in total. The maximum Gasteiger partial charge on any atom is 0.311 e. The van der Waals surface area contributed by atoms with Gasteiger partial charge in [0, 0.05) is 24.5 Å². The van der Waals surface area contributed by atoms with Gasteiger partial charge in [-0.05, 0) is 19.1 Å². The standard InChI is InChI=1S/C12H14N2O5/c1-12(11(18)19,6-9(15)16)7-14-10(17)8-2-4-13-5-3-8/h2-5H,6-7H2,1H3,(H,14,17)(H,15,16)(H,18,19). The van der Waals surface area contributed by atoms with Crippen molar-refractivity contribution in [3.63, 3.8) is 0 Å². The number of carbonyl (C=O) groups is 3. The van der Waals surface area contributed by atoms with E-state index in [0.29, 0.717) is 5.56 Å². The largest absolute Gasteiger partial charge is 0.481 e. The van der Waals surface area contributed by atoms with Crippen molar-refractivity contribution in [1.82, 2.24) is 10.3 Å². The van der Waals surface area contributed by atoms with Gasteiger partial charge in [0.2, 0.25) is 0 Å². The number of aliphatic carboxylic acids is 2. The molecule has 1 aromatic rings. The minimum absolute atomic E-state index is 0.268. The monoisotopic (exact) mass is 266 g/mol. The van der Waals surface area contributed by atoms with Crippen molar-refractivity contribution >= 4 is 17.8 Å². The van der Waals surface area contributed by atoms with E-state index < -0.39 is 29.7 Å². The van der Waals surface area contributed by atoms with Crippen LogP contribution < -0.4 is 5.32 Å². The van der Waals surface area contributed by atoms with Gasteiger partial charge in [-0.1, -0.05) is 0 Å². The molecule has 0 radical (unpaired) electrons. The summed E-state index contributed by atoms with van der Waals surface area (Å²) < 4.78 is 0. The highest BCUT2D eigenvalue weighted by atomic mass is 16.4. The maximum absolute atomic E-state index is 11.7. The molecule has 0 fully saturated rings. The van der Waals surface area contributed by atoms with Crippen molar-refractivity contribution in [3.8, 4) is 0 Å². The van der Waals surface area contributed by atoms with Crippen LogP contribution >= 0.6 is 0 Å². The molecule has 1 rings (SSSR count). The van der Waals surface area contributed by atoms with Gasteiger partial charge in [-0.25, -0.2) is 0 Å². The van der Waals surface area contributed by atoms with E-state index >= 15 is 0 Å². The molecule has 0 saturated carbocycles. The predicted molar refractivity (Wildman–Crippen MR) is 64.6 cm³/mol. The number of nitrogens with zero attached hydrogens (tertiary/aromatic N) is 1. The highest BCUT2D eigenvalue weighted by Gasteiger charge is 2.36. The third-order valence-electron chi connectivity index (χ3n) is 2.64. The maximum atomic E-state index is 11.7. The second kappa shape index (κ2) is 5.94. The molecule has 0 aliphatic carbocycles. The first kappa shape index (κ1) is 14.6. The lowest BCUT2D eigenvalue weighted by Gasteiger charge is -2.23. The smallest absolute Gasteiger partial charge is 0.311 e. The summed E-state index contributed by atoms with van der Waals surface area (Å²) in [4.78, 5) is 37.2. The van der Waals surface area contributed by atoms with Gasteiger partial charge in [-0.2, -0.15) is 0 Å². The molecule has 0 aliphatic heterocycles. The number of nitrogens with one attached hydrogen (secondary N) is 1. The molecule has 1 amide bonds. The molecule has 0 aromatic carbocycles. The lowest BCUT2D eigenvalue weighted by atomic mass is 9.87. The lowest BCUT2D eigenvalue weighted by molar-refractivity contribution is -0.154. The zero-order valence-corrected chi connectivity index (χ0v) is 10.3. The number of amides is 1. The zero-order valence-electron chi connectivity index (χ0n) is 10.3. The van der Waals surface area contributed by atoms with E-state index in [0.717, 1.165) is 0 Å². The quantitative estimate of drug-likeness (QED) is 0.685. The molecule has 7 nitrogen and oxygen atoms in total. The van der Waals surface area contributed by atoms with Gasteiger partial charge in [0.25, 0.3) is 5.91 Å². The van der Waals surface area contributed by atoms with E-state index in [4.69, 9.17) is 10.2 Å². The van der Waals surface area contributed by atoms with Crippen LogP contribution in [0.25, 0.3) is 0 Å². The number of pyridine rings is 1. The van der Waals surface area contributed by atoms with Gasteiger partial charge in [0.05, 0.1) is 11.8 Å². The minimum Gasteiger partial charge on any atom is -0.481 e. The predicted octanol–water partition coefficient (Wildman–Crippen LogP) is 0.377. The summed E-state index contributed by atoms with van der Waals surface area (Å²) in [6.45, 7) is 1.01. The lowest BCUT2D eigenvalue weighted by Crippen LogP contribution is -2.42. The fourth-order valence-electron chi connectivity index (χ4n) is 1.43. The van der Waals surface area contributed by atoms with Crippen LogP contribution in [0.4, 0.5) is 0 Å².